The van der Waals surface area contributed by atoms with Crippen LogP contribution in [0.1, 0.15) is 17.7 Å². The van der Waals surface area contributed by atoms with Crippen molar-refractivity contribution in [2.45, 2.75) is 25.4 Å². The molecule has 1 atom stereocenters. The molecule has 1 aliphatic heterocycles. The van der Waals surface area contributed by atoms with Crippen LogP contribution in [0.4, 0.5) is 11.8 Å². The number of hydrogen-bond donors (Lipinski definition) is 3. The largest absolute Gasteiger partial charge is 0.393 e. The summed E-state index contributed by atoms with van der Waals surface area (Å²) in [5.41, 5.74) is 6.43. The van der Waals surface area contributed by atoms with E-state index in [9.17, 15) is 10.2 Å². The second-order valence-corrected chi connectivity index (χ2v) is 5.02. The summed E-state index contributed by atoms with van der Waals surface area (Å²) in [5.74, 6) is 0.953. The van der Waals surface area contributed by atoms with Gasteiger partial charge in [-0.05, 0) is 19.8 Å². The lowest BCUT2D eigenvalue weighted by molar-refractivity contribution is 0.00473. The molecule has 0 amide bonds. The minimum atomic E-state index is -1.06. The van der Waals surface area contributed by atoms with Gasteiger partial charge in [-0.15, -0.1) is 6.58 Å². The summed E-state index contributed by atoms with van der Waals surface area (Å²) in [6, 6.07) is 0. The Balaban J connectivity index is 2.36. The van der Waals surface area contributed by atoms with Crippen LogP contribution in [-0.2, 0) is 6.42 Å². The standard InChI is InChI=1S/C13H20N4O2/c1-3-4-10-9(2)15-12(14)16-11(10)17-6-5-13(19,7-17)8-18/h3,18-19H,1,4-8H2,2H3,(H2,14,15,16). The minimum Gasteiger partial charge on any atom is -0.393 e. The van der Waals surface area contributed by atoms with Crippen LogP contribution < -0.4 is 10.6 Å². The number of allylic oxidation sites excluding steroid dienone is 1. The summed E-state index contributed by atoms with van der Waals surface area (Å²) in [6.07, 6.45) is 2.95. The van der Waals surface area contributed by atoms with Crippen molar-refractivity contribution in [3.63, 3.8) is 0 Å². The van der Waals surface area contributed by atoms with Gasteiger partial charge in [0.05, 0.1) is 13.2 Å². The predicted octanol–water partition coefficient (Wildman–Crippen LogP) is 0.0292. The van der Waals surface area contributed by atoms with Gasteiger partial charge in [0.25, 0.3) is 0 Å². The molecule has 1 unspecified atom stereocenters. The molecular formula is C13H20N4O2. The Labute approximate surface area is 112 Å². The molecule has 1 aromatic rings. The highest BCUT2D eigenvalue weighted by atomic mass is 16.3. The van der Waals surface area contributed by atoms with Gasteiger partial charge in [0.1, 0.15) is 11.4 Å². The van der Waals surface area contributed by atoms with E-state index in [-0.39, 0.29) is 12.6 Å². The quantitative estimate of drug-likeness (QED) is 0.664. The number of nitrogen functional groups attached to an aromatic ring is 1. The molecule has 1 aliphatic rings. The van der Waals surface area contributed by atoms with Gasteiger partial charge in [-0.2, -0.15) is 4.98 Å². The predicted molar refractivity (Wildman–Crippen MR) is 73.9 cm³/mol. The number of aryl methyl sites for hydroxylation is 1. The lowest BCUT2D eigenvalue weighted by atomic mass is 10.1. The molecule has 2 heterocycles. The molecule has 19 heavy (non-hydrogen) atoms. The summed E-state index contributed by atoms with van der Waals surface area (Å²) in [6.45, 7) is 6.36. The van der Waals surface area contributed by atoms with Crippen molar-refractivity contribution in [1.82, 2.24) is 9.97 Å². The maximum atomic E-state index is 10.1. The Morgan fingerprint density at radius 2 is 2.26 bits per heavy atom. The van der Waals surface area contributed by atoms with Crippen LogP contribution >= 0.6 is 0 Å². The average Bonchev–Trinajstić information content (AvgIpc) is 2.76. The van der Waals surface area contributed by atoms with Crippen LogP contribution in [0, 0.1) is 6.92 Å². The zero-order valence-corrected chi connectivity index (χ0v) is 11.1. The van der Waals surface area contributed by atoms with Crippen LogP contribution in [0.15, 0.2) is 12.7 Å². The zero-order chi connectivity index (χ0) is 14.0. The Hall–Kier alpha value is -1.66. The topological polar surface area (TPSA) is 95.5 Å². The van der Waals surface area contributed by atoms with E-state index in [1.807, 2.05) is 11.8 Å². The van der Waals surface area contributed by atoms with Crippen molar-refractivity contribution in [1.29, 1.82) is 0 Å². The average molecular weight is 264 g/mol. The first-order valence-electron chi connectivity index (χ1n) is 6.31. The number of aliphatic hydroxyl groups excluding tert-OH is 1. The molecule has 0 aromatic carbocycles. The van der Waals surface area contributed by atoms with Crippen LogP contribution in [0.25, 0.3) is 0 Å². The number of nitrogens with zero attached hydrogens (tertiary/aromatic N) is 3. The summed E-state index contributed by atoms with van der Waals surface area (Å²) >= 11 is 0. The molecule has 4 N–H and O–H groups in total. The minimum absolute atomic E-state index is 0.222. The van der Waals surface area contributed by atoms with Crippen LogP contribution in [0.2, 0.25) is 0 Å². The Kier molecular flexibility index (Phi) is 3.73. The Bertz CT molecular complexity index is 492. The normalized spacial score (nSPS) is 22.8. The monoisotopic (exact) mass is 264 g/mol. The number of aromatic nitrogens is 2. The molecule has 1 aromatic heterocycles. The highest BCUT2D eigenvalue weighted by Gasteiger charge is 2.37. The molecule has 0 spiro atoms. The van der Waals surface area contributed by atoms with Gasteiger partial charge in [-0.25, -0.2) is 4.98 Å². The molecule has 0 bridgehead atoms. The van der Waals surface area contributed by atoms with Gasteiger partial charge in [0, 0.05) is 17.8 Å². The maximum Gasteiger partial charge on any atom is 0.222 e. The molecule has 6 nitrogen and oxygen atoms in total. The lowest BCUT2D eigenvalue weighted by Gasteiger charge is -2.24. The van der Waals surface area contributed by atoms with Gasteiger partial charge in [0.2, 0.25) is 5.95 Å². The van der Waals surface area contributed by atoms with Crippen LogP contribution in [0.5, 0.6) is 0 Å². The molecule has 1 saturated heterocycles. The van der Waals surface area contributed by atoms with Crippen molar-refractivity contribution >= 4 is 11.8 Å². The smallest absolute Gasteiger partial charge is 0.222 e. The second-order valence-electron chi connectivity index (χ2n) is 5.02. The van der Waals surface area contributed by atoms with E-state index in [1.54, 1.807) is 6.08 Å². The van der Waals surface area contributed by atoms with Gasteiger partial charge in [-0.3, -0.25) is 0 Å². The lowest BCUT2D eigenvalue weighted by Crippen LogP contribution is -2.37. The fourth-order valence-corrected chi connectivity index (χ4v) is 2.41. The van der Waals surface area contributed by atoms with Gasteiger partial charge < -0.3 is 20.8 Å². The molecule has 104 valence electrons. The third kappa shape index (κ3) is 2.69. The van der Waals surface area contributed by atoms with E-state index in [1.165, 1.54) is 0 Å². The van der Waals surface area contributed by atoms with E-state index in [0.29, 0.717) is 25.9 Å². The van der Waals surface area contributed by atoms with E-state index in [4.69, 9.17) is 5.73 Å². The number of nitrogens with two attached hydrogens (primary N) is 1. The fraction of sp³-hybridized carbons (Fsp3) is 0.538. The SMILES string of the molecule is C=CCc1c(C)nc(N)nc1N1CCC(O)(CO)C1. The number of β-amino-alcohol motifs (C(OH)–C–C–N with tert-alkyl or cyclic N) is 1. The molecule has 0 radical (unpaired) electrons. The molecule has 0 aliphatic carbocycles. The summed E-state index contributed by atoms with van der Waals surface area (Å²) in [5, 5.41) is 19.3. The van der Waals surface area contributed by atoms with Gasteiger partial charge in [-0.1, -0.05) is 6.08 Å². The molecule has 6 heteroatoms. The first kappa shape index (κ1) is 13.8. The third-order valence-corrected chi connectivity index (χ3v) is 3.48. The molecule has 1 fully saturated rings. The van der Waals surface area contributed by atoms with Gasteiger partial charge in [0.15, 0.2) is 0 Å². The number of hydrogen-bond acceptors (Lipinski definition) is 6. The van der Waals surface area contributed by atoms with Crippen LogP contribution in [0.3, 0.4) is 0 Å². The number of aliphatic hydroxyl groups is 2. The fourth-order valence-electron chi connectivity index (χ4n) is 2.41. The molecular weight excluding hydrogens is 244 g/mol. The van der Waals surface area contributed by atoms with Crippen LogP contribution in [-0.4, -0.2) is 45.5 Å². The van der Waals surface area contributed by atoms with Crippen molar-refractivity contribution in [3.05, 3.63) is 23.9 Å². The van der Waals surface area contributed by atoms with E-state index >= 15 is 0 Å². The first-order chi connectivity index (χ1) is 8.99. The number of anilines is 2. The maximum absolute atomic E-state index is 10.1. The first-order valence-corrected chi connectivity index (χ1v) is 6.31. The van der Waals surface area contributed by atoms with Crippen molar-refractivity contribution in [2.75, 3.05) is 30.3 Å². The van der Waals surface area contributed by atoms with E-state index < -0.39 is 5.60 Å². The van der Waals surface area contributed by atoms with E-state index in [0.717, 1.165) is 17.1 Å². The molecule has 0 saturated carbocycles. The van der Waals surface area contributed by atoms with Gasteiger partial charge >= 0.3 is 0 Å². The summed E-state index contributed by atoms with van der Waals surface area (Å²) in [7, 11) is 0. The van der Waals surface area contributed by atoms with Crippen molar-refractivity contribution in [3.8, 4) is 0 Å². The number of rotatable bonds is 4. The van der Waals surface area contributed by atoms with Crippen molar-refractivity contribution < 1.29 is 10.2 Å². The zero-order valence-electron chi connectivity index (χ0n) is 11.1. The highest BCUT2D eigenvalue weighted by Crippen LogP contribution is 2.29. The Morgan fingerprint density at radius 3 is 2.84 bits per heavy atom. The third-order valence-electron chi connectivity index (χ3n) is 3.48. The Morgan fingerprint density at radius 1 is 1.53 bits per heavy atom. The summed E-state index contributed by atoms with van der Waals surface area (Å²) < 4.78 is 0. The highest BCUT2D eigenvalue weighted by molar-refractivity contribution is 5.53. The second kappa shape index (κ2) is 5.14. The molecule has 2 rings (SSSR count). The van der Waals surface area contributed by atoms with E-state index in [2.05, 4.69) is 16.5 Å². The summed E-state index contributed by atoms with van der Waals surface area (Å²) in [4.78, 5) is 10.4. The van der Waals surface area contributed by atoms with Crippen molar-refractivity contribution in [2.24, 2.45) is 0 Å².